The topological polar surface area (TPSA) is 80.4 Å². The van der Waals surface area contributed by atoms with Crippen molar-refractivity contribution in [3.8, 4) is 0 Å². The standard InChI is InChI=1S/C26H33FN4O/c1-17-8-9-23(27)19(12-17)6-4-5-7-24(29-3)26(32)31-25-16-30-11-10-22(25)20-13-18(2)14-21(28)15-20/h5,7-12,16,18,20-21H,4,6,13-15,28H2,1-3H3,(H,31,32)/b7-5-,29-24?. The summed E-state index contributed by atoms with van der Waals surface area (Å²) in [7, 11) is 1.59. The number of aryl methyl sites for hydroxylation is 2. The van der Waals surface area contributed by atoms with Gasteiger partial charge in [-0.3, -0.25) is 14.8 Å². The molecule has 170 valence electrons. The summed E-state index contributed by atoms with van der Waals surface area (Å²) in [6.45, 7) is 4.17. The minimum atomic E-state index is -0.284. The highest BCUT2D eigenvalue weighted by atomic mass is 19.1. The fourth-order valence-corrected chi connectivity index (χ4v) is 4.54. The van der Waals surface area contributed by atoms with Gasteiger partial charge in [0.15, 0.2) is 0 Å². The predicted molar refractivity (Wildman–Crippen MR) is 129 cm³/mol. The van der Waals surface area contributed by atoms with Gasteiger partial charge in [-0.05, 0) is 80.2 Å². The number of benzene rings is 1. The first-order valence-corrected chi connectivity index (χ1v) is 11.3. The van der Waals surface area contributed by atoms with E-state index in [9.17, 15) is 9.18 Å². The molecule has 3 rings (SSSR count). The van der Waals surface area contributed by atoms with Crippen LogP contribution < -0.4 is 11.1 Å². The summed E-state index contributed by atoms with van der Waals surface area (Å²) in [5.41, 5.74) is 10.1. The van der Waals surface area contributed by atoms with Crippen molar-refractivity contribution in [2.45, 2.75) is 57.9 Å². The van der Waals surface area contributed by atoms with Crippen molar-refractivity contribution >= 4 is 17.3 Å². The minimum Gasteiger partial charge on any atom is -0.328 e. The third kappa shape index (κ3) is 6.33. The summed E-state index contributed by atoms with van der Waals surface area (Å²) in [4.78, 5) is 21.2. The quantitative estimate of drug-likeness (QED) is 0.602. The van der Waals surface area contributed by atoms with Crippen LogP contribution in [-0.2, 0) is 11.2 Å². The van der Waals surface area contributed by atoms with Crippen LogP contribution in [0.5, 0.6) is 0 Å². The van der Waals surface area contributed by atoms with E-state index in [1.807, 2.05) is 25.1 Å². The summed E-state index contributed by atoms with van der Waals surface area (Å²) in [6, 6.07) is 7.25. The van der Waals surface area contributed by atoms with Gasteiger partial charge in [-0.15, -0.1) is 0 Å². The van der Waals surface area contributed by atoms with Crippen molar-refractivity contribution in [2.24, 2.45) is 16.6 Å². The first-order chi connectivity index (χ1) is 15.4. The van der Waals surface area contributed by atoms with Gasteiger partial charge in [0.05, 0.1) is 11.9 Å². The van der Waals surface area contributed by atoms with Gasteiger partial charge in [0.1, 0.15) is 11.5 Å². The Bertz CT molecular complexity index is 991. The second-order valence-electron chi connectivity index (χ2n) is 8.83. The lowest BCUT2D eigenvalue weighted by molar-refractivity contribution is -0.110. The van der Waals surface area contributed by atoms with Crippen molar-refractivity contribution in [3.05, 3.63) is 71.3 Å². The van der Waals surface area contributed by atoms with E-state index in [0.717, 1.165) is 30.4 Å². The lowest BCUT2D eigenvalue weighted by atomic mass is 9.76. The Morgan fingerprint density at radius 1 is 1.31 bits per heavy atom. The van der Waals surface area contributed by atoms with E-state index < -0.39 is 0 Å². The fourth-order valence-electron chi connectivity index (χ4n) is 4.54. The maximum absolute atomic E-state index is 13.9. The third-order valence-electron chi connectivity index (χ3n) is 6.05. The van der Waals surface area contributed by atoms with Crippen LogP contribution in [0.3, 0.4) is 0 Å². The van der Waals surface area contributed by atoms with Gasteiger partial charge in [-0.2, -0.15) is 0 Å². The Kier molecular flexibility index (Phi) is 8.28. The van der Waals surface area contributed by atoms with E-state index in [-0.39, 0.29) is 17.8 Å². The Morgan fingerprint density at radius 2 is 2.12 bits per heavy atom. The molecule has 0 bridgehead atoms. The van der Waals surface area contributed by atoms with Gasteiger partial charge in [-0.25, -0.2) is 4.39 Å². The molecule has 1 aliphatic carbocycles. The number of carbonyl (C=O) groups excluding carboxylic acids is 1. The van der Waals surface area contributed by atoms with Crippen LogP contribution in [0.25, 0.3) is 0 Å². The molecule has 1 aliphatic rings. The van der Waals surface area contributed by atoms with Crippen LogP contribution in [0.4, 0.5) is 10.1 Å². The smallest absolute Gasteiger partial charge is 0.273 e. The van der Waals surface area contributed by atoms with Crippen molar-refractivity contribution in [3.63, 3.8) is 0 Å². The van der Waals surface area contributed by atoms with E-state index in [1.165, 1.54) is 6.07 Å². The SMILES string of the molecule is CN=C(/C=C\CCc1cc(C)ccc1F)C(=O)Nc1cnccc1C1CC(C)CC(N)C1. The number of aromatic nitrogens is 1. The molecule has 1 amide bonds. The summed E-state index contributed by atoms with van der Waals surface area (Å²) in [6.07, 6.45) is 11.2. The molecule has 5 nitrogen and oxygen atoms in total. The molecular weight excluding hydrogens is 403 g/mol. The Hall–Kier alpha value is -2.86. The zero-order chi connectivity index (χ0) is 23.1. The minimum absolute atomic E-state index is 0.175. The number of hydrogen-bond donors (Lipinski definition) is 2. The number of nitrogens with two attached hydrogens (primary N) is 1. The van der Waals surface area contributed by atoms with Crippen LogP contribution in [0.1, 0.15) is 55.2 Å². The molecule has 1 heterocycles. The van der Waals surface area contributed by atoms with Crippen molar-refractivity contribution in [2.75, 3.05) is 12.4 Å². The Balaban J connectivity index is 1.64. The molecule has 0 aliphatic heterocycles. The highest BCUT2D eigenvalue weighted by Gasteiger charge is 2.27. The number of halogens is 1. The molecular formula is C26H33FN4O. The molecule has 1 fully saturated rings. The number of anilines is 1. The number of allylic oxidation sites excluding steroid dienone is 1. The van der Waals surface area contributed by atoms with Crippen LogP contribution >= 0.6 is 0 Å². The van der Waals surface area contributed by atoms with Crippen LogP contribution in [0.15, 0.2) is 53.8 Å². The zero-order valence-corrected chi connectivity index (χ0v) is 19.1. The molecule has 1 aromatic heterocycles. The van der Waals surface area contributed by atoms with Gasteiger partial charge in [0, 0.05) is 19.3 Å². The second-order valence-corrected chi connectivity index (χ2v) is 8.83. The largest absolute Gasteiger partial charge is 0.328 e. The molecule has 0 spiro atoms. The zero-order valence-electron chi connectivity index (χ0n) is 19.1. The number of amides is 1. The van der Waals surface area contributed by atoms with Gasteiger partial charge in [-0.1, -0.05) is 30.7 Å². The molecule has 32 heavy (non-hydrogen) atoms. The van der Waals surface area contributed by atoms with Crippen molar-refractivity contribution < 1.29 is 9.18 Å². The summed E-state index contributed by atoms with van der Waals surface area (Å²) in [5.74, 6) is 0.364. The van der Waals surface area contributed by atoms with Crippen molar-refractivity contribution in [1.82, 2.24) is 4.98 Å². The van der Waals surface area contributed by atoms with E-state index >= 15 is 0 Å². The second kappa shape index (κ2) is 11.1. The number of carbonyl (C=O) groups is 1. The van der Waals surface area contributed by atoms with Gasteiger partial charge < -0.3 is 11.1 Å². The number of aliphatic imine (C=N–C) groups is 1. The first-order valence-electron chi connectivity index (χ1n) is 11.3. The van der Waals surface area contributed by atoms with Crippen LogP contribution in [0, 0.1) is 18.7 Å². The highest BCUT2D eigenvalue weighted by Crippen LogP contribution is 2.38. The number of hydrogen-bond acceptors (Lipinski definition) is 4. The monoisotopic (exact) mass is 436 g/mol. The molecule has 0 radical (unpaired) electrons. The van der Waals surface area contributed by atoms with Crippen LogP contribution in [0.2, 0.25) is 0 Å². The fraction of sp³-hybridized carbons (Fsp3) is 0.423. The van der Waals surface area contributed by atoms with E-state index in [1.54, 1.807) is 31.6 Å². The maximum Gasteiger partial charge on any atom is 0.273 e. The average molecular weight is 437 g/mol. The normalized spacial score (nSPS) is 21.7. The number of nitrogens with zero attached hydrogens (tertiary/aromatic N) is 2. The van der Waals surface area contributed by atoms with E-state index in [0.29, 0.717) is 41.6 Å². The first kappa shape index (κ1) is 23.8. The average Bonchev–Trinajstić information content (AvgIpc) is 2.75. The number of pyridine rings is 1. The van der Waals surface area contributed by atoms with Crippen LogP contribution in [-0.4, -0.2) is 29.7 Å². The van der Waals surface area contributed by atoms with Gasteiger partial charge in [0.2, 0.25) is 0 Å². The molecule has 6 heteroatoms. The highest BCUT2D eigenvalue weighted by molar-refractivity contribution is 6.47. The maximum atomic E-state index is 13.9. The molecule has 1 saturated carbocycles. The molecule has 3 unspecified atom stereocenters. The lowest BCUT2D eigenvalue weighted by Gasteiger charge is -2.32. The van der Waals surface area contributed by atoms with E-state index in [4.69, 9.17) is 5.73 Å². The summed E-state index contributed by atoms with van der Waals surface area (Å²) >= 11 is 0. The van der Waals surface area contributed by atoms with Crippen molar-refractivity contribution in [1.29, 1.82) is 0 Å². The molecule has 3 atom stereocenters. The Labute approximate surface area is 190 Å². The molecule has 1 aromatic carbocycles. The van der Waals surface area contributed by atoms with Gasteiger partial charge in [0.25, 0.3) is 5.91 Å². The predicted octanol–water partition coefficient (Wildman–Crippen LogP) is 4.96. The third-order valence-corrected chi connectivity index (χ3v) is 6.05. The number of nitrogens with one attached hydrogen (secondary N) is 1. The molecule has 0 saturated heterocycles. The summed E-state index contributed by atoms with van der Waals surface area (Å²) < 4.78 is 13.9. The number of rotatable bonds is 7. The summed E-state index contributed by atoms with van der Waals surface area (Å²) in [5, 5.41) is 2.98. The Morgan fingerprint density at radius 3 is 2.88 bits per heavy atom. The lowest BCUT2D eigenvalue weighted by Crippen LogP contribution is -2.31. The van der Waals surface area contributed by atoms with Gasteiger partial charge >= 0.3 is 0 Å². The molecule has 3 N–H and O–H groups in total. The van der Waals surface area contributed by atoms with E-state index in [2.05, 4.69) is 22.2 Å². The molecule has 2 aromatic rings.